The summed E-state index contributed by atoms with van der Waals surface area (Å²) in [6, 6.07) is 5.68. The van der Waals surface area contributed by atoms with Crippen LogP contribution in [-0.2, 0) is 4.79 Å². The lowest BCUT2D eigenvalue weighted by Crippen LogP contribution is -2.13. The Balaban J connectivity index is 1.93. The van der Waals surface area contributed by atoms with Gasteiger partial charge in [-0.1, -0.05) is 6.07 Å². The van der Waals surface area contributed by atoms with E-state index in [1.807, 2.05) is 24.3 Å². The van der Waals surface area contributed by atoms with E-state index in [-0.39, 0.29) is 12.7 Å². The second-order valence-corrected chi connectivity index (χ2v) is 3.79. The summed E-state index contributed by atoms with van der Waals surface area (Å²) in [7, 11) is 0. The van der Waals surface area contributed by atoms with Gasteiger partial charge in [-0.2, -0.15) is 0 Å². The van der Waals surface area contributed by atoms with Gasteiger partial charge < -0.3 is 14.8 Å². The minimum absolute atomic E-state index is 0.0256. The van der Waals surface area contributed by atoms with Gasteiger partial charge in [0.25, 0.3) is 0 Å². The van der Waals surface area contributed by atoms with Crippen molar-refractivity contribution >= 4 is 12.0 Å². The third kappa shape index (κ3) is 1.52. The maximum atomic E-state index is 11.4. The minimum atomic E-state index is 0.0256. The van der Waals surface area contributed by atoms with E-state index in [9.17, 15) is 4.79 Å². The monoisotopic (exact) mass is 217 g/mol. The Kier molecular flexibility index (Phi) is 2.06. The van der Waals surface area contributed by atoms with Gasteiger partial charge in [0.05, 0.1) is 0 Å². The van der Waals surface area contributed by atoms with Gasteiger partial charge in [0, 0.05) is 12.1 Å². The number of ether oxygens (including phenoxy) is 2. The van der Waals surface area contributed by atoms with Gasteiger partial charge in [0.15, 0.2) is 11.5 Å². The first-order valence-corrected chi connectivity index (χ1v) is 5.21. The summed E-state index contributed by atoms with van der Waals surface area (Å²) in [6.45, 7) is 1.01. The van der Waals surface area contributed by atoms with Crippen molar-refractivity contribution in [1.82, 2.24) is 5.32 Å². The van der Waals surface area contributed by atoms with E-state index in [0.717, 1.165) is 35.6 Å². The molecule has 0 aromatic heterocycles. The molecule has 0 atom stereocenters. The van der Waals surface area contributed by atoms with Gasteiger partial charge in [-0.3, -0.25) is 4.79 Å². The van der Waals surface area contributed by atoms with Gasteiger partial charge in [-0.25, -0.2) is 0 Å². The maximum Gasteiger partial charge on any atom is 0.247 e. The van der Waals surface area contributed by atoms with Crippen LogP contribution in [0.2, 0.25) is 0 Å². The number of benzene rings is 1. The fourth-order valence-corrected chi connectivity index (χ4v) is 1.88. The van der Waals surface area contributed by atoms with E-state index >= 15 is 0 Å². The first kappa shape index (κ1) is 9.27. The average Bonchev–Trinajstić information content (AvgIpc) is 2.88. The smallest absolute Gasteiger partial charge is 0.247 e. The van der Waals surface area contributed by atoms with E-state index in [0.29, 0.717) is 0 Å². The first-order chi connectivity index (χ1) is 7.83. The van der Waals surface area contributed by atoms with Gasteiger partial charge in [0.1, 0.15) is 0 Å². The van der Waals surface area contributed by atoms with Gasteiger partial charge in [-0.05, 0) is 30.2 Å². The second kappa shape index (κ2) is 3.56. The van der Waals surface area contributed by atoms with Crippen LogP contribution in [0.25, 0.3) is 6.08 Å². The molecule has 0 radical (unpaired) electrons. The molecule has 82 valence electrons. The van der Waals surface area contributed by atoms with Crippen LogP contribution in [0.15, 0.2) is 23.8 Å². The quantitative estimate of drug-likeness (QED) is 0.722. The number of fused-ring (bicyclic) bond motifs is 1. The molecule has 0 unspecified atom stereocenters. The van der Waals surface area contributed by atoms with Crippen LogP contribution in [0.5, 0.6) is 11.5 Å². The summed E-state index contributed by atoms with van der Waals surface area (Å²) >= 11 is 0. The highest BCUT2D eigenvalue weighted by molar-refractivity contribution is 5.99. The maximum absolute atomic E-state index is 11.4. The molecule has 2 aliphatic rings. The van der Waals surface area contributed by atoms with Crippen LogP contribution in [-0.4, -0.2) is 19.2 Å². The molecule has 0 bridgehead atoms. The van der Waals surface area contributed by atoms with Crippen molar-refractivity contribution in [1.29, 1.82) is 0 Å². The number of hydrogen-bond donors (Lipinski definition) is 1. The summed E-state index contributed by atoms with van der Waals surface area (Å²) in [5.41, 5.74) is 1.79. The van der Waals surface area contributed by atoms with E-state index in [4.69, 9.17) is 9.47 Å². The zero-order chi connectivity index (χ0) is 11.0. The van der Waals surface area contributed by atoms with Crippen molar-refractivity contribution in [2.45, 2.75) is 6.42 Å². The zero-order valence-corrected chi connectivity index (χ0v) is 8.66. The average molecular weight is 217 g/mol. The van der Waals surface area contributed by atoms with E-state index < -0.39 is 0 Å². The largest absolute Gasteiger partial charge is 0.454 e. The lowest BCUT2D eigenvalue weighted by molar-refractivity contribution is -0.116. The molecule has 4 heteroatoms. The molecule has 3 rings (SSSR count). The third-order valence-electron chi connectivity index (χ3n) is 2.71. The molecule has 1 fully saturated rings. The minimum Gasteiger partial charge on any atom is -0.454 e. The summed E-state index contributed by atoms with van der Waals surface area (Å²) in [4.78, 5) is 11.4. The summed E-state index contributed by atoms with van der Waals surface area (Å²) in [6.07, 6.45) is 2.68. The fraction of sp³-hybridized carbons (Fsp3) is 0.250. The number of carbonyl (C=O) groups is 1. The number of rotatable bonds is 1. The van der Waals surface area contributed by atoms with Gasteiger partial charge in [0.2, 0.25) is 12.7 Å². The van der Waals surface area contributed by atoms with E-state index in [1.54, 1.807) is 0 Å². The highest BCUT2D eigenvalue weighted by Crippen LogP contribution is 2.33. The Morgan fingerprint density at radius 3 is 2.94 bits per heavy atom. The Morgan fingerprint density at radius 2 is 2.12 bits per heavy atom. The molecular formula is C12H11NO3. The Labute approximate surface area is 92.9 Å². The molecule has 1 N–H and O–H groups in total. The Hall–Kier alpha value is -1.97. The predicted octanol–water partition coefficient (Wildman–Crippen LogP) is 1.32. The van der Waals surface area contributed by atoms with Crippen molar-refractivity contribution in [2.75, 3.05) is 13.3 Å². The zero-order valence-electron chi connectivity index (χ0n) is 8.66. The van der Waals surface area contributed by atoms with Crippen LogP contribution >= 0.6 is 0 Å². The highest BCUT2D eigenvalue weighted by Gasteiger charge is 2.17. The van der Waals surface area contributed by atoms with Crippen molar-refractivity contribution in [2.24, 2.45) is 0 Å². The number of carbonyl (C=O) groups excluding carboxylic acids is 1. The number of hydrogen-bond acceptors (Lipinski definition) is 3. The summed E-state index contributed by atoms with van der Waals surface area (Å²) in [5.74, 6) is 1.53. The van der Waals surface area contributed by atoms with Gasteiger partial charge >= 0.3 is 0 Å². The molecule has 0 spiro atoms. The normalized spacial score (nSPS) is 20.2. The second-order valence-electron chi connectivity index (χ2n) is 3.79. The molecule has 1 aromatic rings. The SMILES string of the molecule is O=C1NCCC1=Cc1ccc2c(c1)OCO2. The molecule has 1 aromatic carbocycles. The molecule has 2 heterocycles. The van der Waals surface area contributed by atoms with E-state index in [2.05, 4.69) is 5.32 Å². The van der Waals surface area contributed by atoms with Crippen molar-refractivity contribution < 1.29 is 14.3 Å². The third-order valence-corrected chi connectivity index (χ3v) is 2.71. The molecule has 0 aliphatic carbocycles. The first-order valence-electron chi connectivity index (χ1n) is 5.21. The fourth-order valence-electron chi connectivity index (χ4n) is 1.88. The molecule has 4 nitrogen and oxygen atoms in total. The molecule has 0 saturated carbocycles. The van der Waals surface area contributed by atoms with Crippen molar-refractivity contribution in [3.8, 4) is 11.5 Å². The standard InChI is InChI=1S/C12H11NO3/c14-12-9(3-4-13-12)5-8-1-2-10-11(6-8)16-7-15-10/h1-2,5-6H,3-4,7H2,(H,13,14). The van der Waals surface area contributed by atoms with Crippen molar-refractivity contribution in [3.63, 3.8) is 0 Å². The lowest BCUT2D eigenvalue weighted by Gasteiger charge is -1.99. The lowest BCUT2D eigenvalue weighted by atomic mass is 10.1. The molecule has 16 heavy (non-hydrogen) atoms. The van der Waals surface area contributed by atoms with Crippen LogP contribution in [0.3, 0.4) is 0 Å². The topological polar surface area (TPSA) is 47.6 Å². The van der Waals surface area contributed by atoms with Gasteiger partial charge in [-0.15, -0.1) is 0 Å². The van der Waals surface area contributed by atoms with Crippen LogP contribution < -0.4 is 14.8 Å². The van der Waals surface area contributed by atoms with Crippen LogP contribution in [0.1, 0.15) is 12.0 Å². The summed E-state index contributed by atoms with van der Waals surface area (Å²) in [5, 5.41) is 2.78. The van der Waals surface area contributed by atoms with Crippen LogP contribution in [0.4, 0.5) is 0 Å². The molecule has 1 amide bonds. The highest BCUT2D eigenvalue weighted by atomic mass is 16.7. The Bertz CT molecular complexity index is 479. The molecular weight excluding hydrogens is 206 g/mol. The number of amides is 1. The van der Waals surface area contributed by atoms with Crippen LogP contribution in [0, 0.1) is 0 Å². The van der Waals surface area contributed by atoms with E-state index in [1.165, 1.54) is 0 Å². The summed E-state index contributed by atoms with van der Waals surface area (Å²) < 4.78 is 10.5. The Morgan fingerprint density at radius 1 is 1.25 bits per heavy atom. The molecule has 2 aliphatic heterocycles. The number of nitrogens with one attached hydrogen (secondary N) is 1. The molecule has 1 saturated heterocycles. The van der Waals surface area contributed by atoms with Crippen molar-refractivity contribution in [3.05, 3.63) is 29.3 Å². The predicted molar refractivity (Wildman–Crippen MR) is 58.2 cm³/mol.